The molecule has 0 fully saturated rings. The molecule has 0 aliphatic heterocycles. The molecular weight excluding hydrogens is 100 g/mol. The normalized spacial score (nSPS) is 8.75. The van der Waals surface area contributed by atoms with Gasteiger partial charge in [-0.25, -0.2) is 0 Å². The zero-order valence-corrected chi connectivity index (χ0v) is 5.24. The van der Waals surface area contributed by atoms with Crippen molar-refractivity contribution in [3.63, 3.8) is 0 Å². The summed E-state index contributed by atoms with van der Waals surface area (Å²) in [4.78, 5) is 10.6. The van der Waals surface area contributed by atoms with E-state index in [4.69, 9.17) is 0 Å². The molecule has 1 radical (unpaired) electrons. The Labute approximate surface area is 50.4 Å². The summed E-state index contributed by atoms with van der Waals surface area (Å²) in [6, 6.07) is 0. The molecule has 45 valence electrons. The van der Waals surface area contributed by atoms with Crippen molar-refractivity contribution in [1.82, 2.24) is 0 Å². The topological polar surface area (TPSA) is 17.1 Å². The number of ketones is 1. The second-order valence-electron chi connectivity index (χ2n) is 1.81. The van der Waals surface area contributed by atoms with Gasteiger partial charge in [-0.2, -0.15) is 0 Å². The molecule has 0 N–H and O–H groups in total. The largest absolute Gasteiger partial charge is 0.295 e. The van der Waals surface area contributed by atoms with Crippen molar-refractivity contribution in [2.24, 2.45) is 0 Å². The first-order valence-corrected chi connectivity index (χ1v) is 2.66. The van der Waals surface area contributed by atoms with Crippen LogP contribution in [0.3, 0.4) is 0 Å². The lowest BCUT2D eigenvalue weighted by Gasteiger charge is -1.91. The van der Waals surface area contributed by atoms with Crippen LogP contribution in [0, 0.1) is 6.92 Å². The second kappa shape index (κ2) is 3.42. The second-order valence-corrected chi connectivity index (χ2v) is 1.81. The van der Waals surface area contributed by atoms with E-state index >= 15 is 0 Å². The molecule has 0 aromatic rings. The van der Waals surface area contributed by atoms with E-state index in [2.05, 4.69) is 13.5 Å². The fourth-order valence-electron chi connectivity index (χ4n) is 0.374. The Balaban J connectivity index is 3.49. The van der Waals surface area contributed by atoms with Crippen LogP contribution in [-0.2, 0) is 4.79 Å². The van der Waals surface area contributed by atoms with Crippen molar-refractivity contribution in [2.75, 3.05) is 0 Å². The monoisotopic (exact) mass is 111 g/mol. The Hall–Kier alpha value is -0.590. The number of hydrogen-bond donors (Lipinski definition) is 0. The Bertz CT molecular complexity index is 103. The molecule has 0 bridgehead atoms. The van der Waals surface area contributed by atoms with Crippen LogP contribution in [0.4, 0.5) is 0 Å². The highest BCUT2D eigenvalue weighted by atomic mass is 16.1. The maximum Gasteiger partial charge on any atom is 0.157 e. The molecule has 0 unspecified atom stereocenters. The quantitative estimate of drug-likeness (QED) is 0.507. The summed E-state index contributed by atoms with van der Waals surface area (Å²) in [5.74, 6) is 0.125. The van der Waals surface area contributed by atoms with Gasteiger partial charge < -0.3 is 0 Å². The molecule has 0 rings (SSSR count). The number of Topliss-reactive ketones (excluding diaryl/α,β-unsaturated/α-hetero) is 1. The van der Waals surface area contributed by atoms with Crippen LogP contribution in [0.5, 0.6) is 0 Å². The minimum Gasteiger partial charge on any atom is -0.295 e. The fourth-order valence-corrected chi connectivity index (χ4v) is 0.374. The van der Waals surface area contributed by atoms with Gasteiger partial charge in [0.1, 0.15) is 0 Å². The van der Waals surface area contributed by atoms with Gasteiger partial charge in [0.15, 0.2) is 5.78 Å². The Morgan fingerprint density at radius 2 is 2.12 bits per heavy atom. The summed E-state index contributed by atoms with van der Waals surface area (Å²) < 4.78 is 0. The lowest BCUT2D eigenvalue weighted by atomic mass is 10.1. The van der Waals surface area contributed by atoms with Gasteiger partial charge in [-0.05, 0) is 18.9 Å². The van der Waals surface area contributed by atoms with Crippen LogP contribution in [0.15, 0.2) is 12.2 Å². The summed E-state index contributed by atoms with van der Waals surface area (Å²) in [5.41, 5.74) is 0.633. The summed E-state index contributed by atoms with van der Waals surface area (Å²) in [6.07, 6.45) is 1.21. The van der Waals surface area contributed by atoms with Crippen LogP contribution >= 0.6 is 0 Å². The summed E-state index contributed by atoms with van der Waals surface area (Å²) in [7, 11) is 0. The molecule has 0 saturated heterocycles. The number of carbonyl (C=O) groups is 1. The summed E-state index contributed by atoms with van der Waals surface area (Å²) in [5, 5.41) is 0. The van der Waals surface area contributed by atoms with Gasteiger partial charge >= 0.3 is 0 Å². The number of rotatable bonds is 3. The molecule has 0 aromatic heterocycles. The SMILES string of the molecule is [CH2]CCC(=O)C(=C)C. The van der Waals surface area contributed by atoms with E-state index in [-0.39, 0.29) is 5.78 Å². The van der Waals surface area contributed by atoms with Crippen molar-refractivity contribution in [1.29, 1.82) is 0 Å². The van der Waals surface area contributed by atoms with Gasteiger partial charge in [0, 0.05) is 6.42 Å². The molecule has 1 nitrogen and oxygen atoms in total. The van der Waals surface area contributed by atoms with Crippen molar-refractivity contribution in [3.05, 3.63) is 19.1 Å². The standard InChI is InChI=1S/C7H11O/c1-4-5-7(8)6(2)3/h1-2,4-5H2,3H3. The van der Waals surface area contributed by atoms with Crippen LogP contribution in [0.2, 0.25) is 0 Å². The van der Waals surface area contributed by atoms with Gasteiger partial charge in [0.2, 0.25) is 0 Å². The Kier molecular flexibility index (Phi) is 3.16. The number of allylic oxidation sites excluding steroid dienone is 1. The molecule has 1 heteroatoms. The predicted octanol–water partition coefficient (Wildman–Crippen LogP) is 1.75. The summed E-state index contributed by atoms with van der Waals surface area (Å²) >= 11 is 0. The maximum atomic E-state index is 10.6. The molecule has 0 spiro atoms. The maximum absolute atomic E-state index is 10.6. The molecular formula is C7H11O. The van der Waals surface area contributed by atoms with E-state index < -0.39 is 0 Å². The molecule has 0 saturated carbocycles. The molecule has 0 amide bonds. The Morgan fingerprint density at radius 3 is 2.25 bits per heavy atom. The van der Waals surface area contributed by atoms with Gasteiger partial charge in [0.25, 0.3) is 0 Å². The van der Waals surface area contributed by atoms with Crippen molar-refractivity contribution in [3.8, 4) is 0 Å². The first-order valence-electron chi connectivity index (χ1n) is 2.66. The fraction of sp³-hybridized carbons (Fsp3) is 0.429. The lowest BCUT2D eigenvalue weighted by Crippen LogP contribution is -1.95. The zero-order valence-electron chi connectivity index (χ0n) is 5.24. The zero-order chi connectivity index (χ0) is 6.57. The molecule has 0 aromatic carbocycles. The highest BCUT2D eigenvalue weighted by Crippen LogP contribution is 1.96. The first-order chi connectivity index (χ1) is 3.68. The molecule has 0 heterocycles. The van der Waals surface area contributed by atoms with E-state index in [1.54, 1.807) is 6.92 Å². The smallest absolute Gasteiger partial charge is 0.157 e. The average molecular weight is 111 g/mol. The summed E-state index contributed by atoms with van der Waals surface area (Å²) in [6.45, 7) is 8.76. The molecule has 0 aliphatic rings. The van der Waals surface area contributed by atoms with Gasteiger partial charge in [-0.15, -0.1) is 0 Å². The first kappa shape index (κ1) is 7.41. The Morgan fingerprint density at radius 1 is 1.62 bits per heavy atom. The lowest BCUT2D eigenvalue weighted by molar-refractivity contribution is -0.115. The van der Waals surface area contributed by atoms with E-state index in [1.807, 2.05) is 0 Å². The van der Waals surface area contributed by atoms with Crippen LogP contribution < -0.4 is 0 Å². The highest BCUT2D eigenvalue weighted by molar-refractivity contribution is 5.94. The average Bonchev–Trinajstić information content (AvgIpc) is 1.67. The van der Waals surface area contributed by atoms with Gasteiger partial charge in [-0.1, -0.05) is 13.5 Å². The van der Waals surface area contributed by atoms with Crippen LogP contribution in [0.1, 0.15) is 19.8 Å². The van der Waals surface area contributed by atoms with E-state index in [9.17, 15) is 4.79 Å². The van der Waals surface area contributed by atoms with E-state index in [0.29, 0.717) is 18.4 Å². The molecule has 8 heavy (non-hydrogen) atoms. The number of hydrogen-bond acceptors (Lipinski definition) is 1. The van der Waals surface area contributed by atoms with Crippen molar-refractivity contribution in [2.45, 2.75) is 19.8 Å². The third kappa shape index (κ3) is 2.56. The van der Waals surface area contributed by atoms with Crippen molar-refractivity contribution < 1.29 is 4.79 Å². The molecule has 0 aliphatic carbocycles. The van der Waals surface area contributed by atoms with Gasteiger partial charge in [0.05, 0.1) is 0 Å². The third-order valence-corrected chi connectivity index (χ3v) is 0.880. The predicted molar refractivity (Wildman–Crippen MR) is 34.4 cm³/mol. The van der Waals surface area contributed by atoms with E-state index in [1.165, 1.54) is 0 Å². The van der Waals surface area contributed by atoms with Gasteiger partial charge in [-0.3, -0.25) is 4.79 Å². The van der Waals surface area contributed by atoms with E-state index in [0.717, 1.165) is 0 Å². The highest BCUT2D eigenvalue weighted by Gasteiger charge is 1.97. The van der Waals surface area contributed by atoms with Crippen LogP contribution in [-0.4, -0.2) is 5.78 Å². The molecule has 0 atom stereocenters. The minimum absolute atomic E-state index is 0.125. The van der Waals surface area contributed by atoms with Crippen LogP contribution in [0.25, 0.3) is 0 Å². The van der Waals surface area contributed by atoms with Crippen molar-refractivity contribution >= 4 is 5.78 Å². The minimum atomic E-state index is 0.125. The number of carbonyl (C=O) groups excluding carboxylic acids is 1. The third-order valence-electron chi connectivity index (χ3n) is 0.880.